The maximum atomic E-state index is 11.5. The van der Waals surface area contributed by atoms with Gasteiger partial charge in [-0.25, -0.2) is 4.31 Å². The minimum Gasteiger partial charge on any atom is -0.756 e. The molecule has 1 aliphatic heterocycles. The van der Waals surface area contributed by atoms with Crippen LogP contribution in [0, 0.1) is 4.77 Å². The van der Waals surface area contributed by atoms with Crippen molar-refractivity contribution in [3.8, 4) is 0 Å². The van der Waals surface area contributed by atoms with Gasteiger partial charge in [-0.15, -0.1) is 0 Å². The summed E-state index contributed by atoms with van der Waals surface area (Å²) in [7, 11) is -9.76. The van der Waals surface area contributed by atoms with Gasteiger partial charge in [-0.2, -0.15) is 0 Å². The van der Waals surface area contributed by atoms with Crippen LogP contribution in [0.4, 0.5) is 0 Å². The number of aliphatic hydroxyl groups is 2. The lowest BCUT2D eigenvalue weighted by molar-refractivity contribution is -0.244. The summed E-state index contributed by atoms with van der Waals surface area (Å²) in [5.74, 6) is 0. The van der Waals surface area contributed by atoms with Crippen LogP contribution in [0.25, 0.3) is 0 Å². The van der Waals surface area contributed by atoms with Gasteiger partial charge >= 0.3 is 0 Å². The number of H-pyrrole nitrogens is 1. The Kier molecular flexibility index (Phi) is 6.70. The highest BCUT2D eigenvalue weighted by Gasteiger charge is 2.44. The molecule has 26 heavy (non-hydrogen) atoms. The van der Waals surface area contributed by atoms with Crippen molar-refractivity contribution in [2.75, 3.05) is 13.7 Å². The van der Waals surface area contributed by atoms with Gasteiger partial charge in [0.15, 0.2) is 11.0 Å². The van der Waals surface area contributed by atoms with E-state index >= 15 is 0 Å². The zero-order chi connectivity index (χ0) is 19.7. The van der Waals surface area contributed by atoms with Gasteiger partial charge < -0.3 is 33.8 Å². The molecule has 0 amide bonds. The molecular weight excluding hydrogens is 418 g/mol. The average molecular weight is 432 g/mol. The molecule has 0 aliphatic carbocycles. The molecule has 1 fully saturated rings. The molecular formula is C10H14N2O11P2S-2. The molecule has 6 atom stereocenters. The second kappa shape index (κ2) is 8.09. The van der Waals surface area contributed by atoms with E-state index in [-0.39, 0.29) is 4.77 Å². The van der Waals surface area contributed by atoms with E-state index < -0.39 is 52.4 Å². The molecule has 1 saturated heterocycles. The largest absolute Gasteiger partial charge is 0.756 e. The van der Waals surface area contributed by atoms with Crippen LogP contribution in [0.3, 0.4) is 0 Å². The van der Waals surface area contributed by atoms with Gasteiger partial charge in [-0.1, -0.05) is 0 Å². The monoisotopic (exact) mass is 432 g/mol. The number of ether oxygens (including phenoxy) is 1. The Morgan fingerprint density at radius 3 is 2.58 bits per heavy atom. The number of nitrogens with one attached hydrogen (secondary N) is 1. The highest BCUT2D eigenvalue weighted by Crippen LogP contribution is 2.55. The first-order valence-corrected chi connectivity index (χ1v) is 10.2. The Balaban J connectivity index is 2.08. The second-order valence-corrected chi connectivity index (χ2v) is 8.47. The molecule has 3 N–H and O–H groups in total. The first-order chi connectivity index (χ1) is 12.0. The van der Waals surface area contributed by atoms with Crippen molar-refractivity contribution in [1.29, 1.82) is 0 Å². The third-order valence-electron chi connectivity index (χ3n) is 3.28. The van der Waals surface area contributed by atoms with Gasteiger partial charge in [0.2, 0.25) is 0 Å². The van der Waals surface area contributed by atoms with Gasteiger partial charge in [0.25, 0.3) is 21.2 Å². The van der Waals surface area contributed by atoms with E-state index in [0.29, 0.717) is 7.11 Å². The highest BCUT2D eigenvalue weighted by molar-refractivity contribution is 7.71. The summed E-state index contributed by atoms with van der Waals surface area (Å²) in [6.45, 7) is -0.865. The number of aromatic amines is 1. The van der Waals surface area contributed by atoms with Crippen molar-refractivity contribution in [2.24, 2.45) is 0 Å². The Morgan fingerprint density at radius 2 is 2.00 bits per heavy atom. The molecule has 1 aromatic rings. The molecule has 1 aromatic heterocycles. The first-order valence-electron chi connectivity index (χ1n) is 6.82. The van der Waals surface area contributed by atoms with E-state index in [1.807, 2.05) is 0 Å². The zero-order valence-electron chi connectivity index (χ0n) is 13.0. The van der Waals surface area contributed by atoms with E-state index in [9.17, 15) is 33.9 Å². The number of hydrogen-bond donors (Lipinski definition) is 3. The summed E-state index contributed by atoms with van der Waals surface area (Å²) in [5, 5.41) is 20.0. The van der Waals surface area contributed by atoms with Crippen LogP contribution in [0.5, 0.6) is 0 Å². The van der Waals surface area contributed by atoms with Crippen LogP contribution >= 0.6 is 27.9 Å². The lowest BCUT2D eigenvalue weighted by Gasteiger charge is -2.30. The van der Waals surface area contributed by atoms with Gasteiger partial charge in [0.1, 0.15) is 18.3 Å². The quantitative estimate of drug-likeness (QED) is 0.322. The van der Waals surface area contributed by atoms with E-state index in [4.69, 9.17) is 17.0 Å². The maximum Gasteiger partial charge on any atom is 0.274 e. The van der Waals surface area contributed by atoms with Crippen molar-refractivity contribution in [3.05, 3.63) is 27.4 Å². The van der Waals surface area contributed by atoms with Crippen molar-refractivity contribution >= 4 is 27.9 Å². The van der Waals surface area contributed by atoms with Gasteiger partial charge in [0, 0.05) is 19.4 Å². The summed E-state index contributed by atoms with van der Waals surface area (Å²) in [5.41, 5.74) is -0.496. The standard InChI is InChI=1S/C10H16N2O11P2S/c1-20-24(16,17)23-25(18,19)21-4-5-7(14)8(15)9(22-5)12-3-2-6(13)11-10(12)26/h2-3,5,7-9,14-15H,4H2,1H3,(H,16,17)(H,18,19)(H,11,13,26)/p-2/t5-,7-,8-,9-/m1/s1. The summed E-state index contributed by atoms with van der Waals surface area (Å²) in [4.78, 5) is 35.9. The molecule has 2 unspecified atom stereocenters. The topological polar surface area (TPSA) is 195 Å². The molecule has 2 heterocycles. The fourth-order valence-electron chi connectivity index (χ4n) is 2.07. The van der Waals surface area contributed by atoms with Crippen LogP contribution in [-0.4, -0.2) is 51.8 Å². The van der Waals surface area contributed by atoms with E-state index in [1.54, 1.807) is 0 Å². The van der Waals surface area contributed by atoms with Gasteiger partial charge in [-0.3, -0.25) is 23.5 Å². The average Bonchev–Trinajstić information content (AvgIpc) is 2.80. The predicted molar refractivity (Wildman–Crippen MR) is 81.1 cm³/mol. The van der Waals surface area contributed by atoms with Crippen molar-refractivity contribution in [1.82, 2.24) is 9.55 Å². The number of phosphoric ester groups is 2. The molecule has 148 valence electrons. The molecule has 0 bridgehead atoms. The SMILES string of the molecule is COP(=O)([O-])OP(=O)([O-])OC[C@H]1O[C@@H](n2ccc(=O)[nH]c2=S)[C@H](O)[C@@H]1O. The van der Waals surface area contributed by atoms with Crippen molar-refractivity contribution < 1.29 is 47.2 Å². The van der Waals surface area contributed by atoms with Crippen LogP contribution in [-0.2, 0) is 27.2 Å². The Bertz CT molecular complexity index is 856. The Labute approximate surface area is 151 Å². The lowest BCUT2D eigenvalue weighted by atomic mass is 10.1. The van der Waals surface area contributed by atoms with Crippen LogP contribution in [0.1, 0.15) is 6.23 Å². The summed E-state index contributed by atoms with van der Waals surface area (Å²) >= 11 is 4.91. The third-order valence-corrected chi connectivity index (χ3v) is 6.11. The zero-order valence-corrected chi connectivity index (χ0v) is 15.6. The molecule has 0 saturated carbocycles. The van der Waals surface area contributed by atoms with Gasteiger partial charge in [-0.05, 0) is 12.2 Å². The van der Waals surface area contributed by atoms with Gasteiger partial charge in [0.05, 0.1) is 6.61 Å². The number of aromatic nitrogens is 2. The molecule has 0 radical (unpaired) electrons. The Hall–Kier alpha value is -0.760. The number of rotatable bonds is 7. The second-order valence-electron chi connectivity index (χ2n) is 5.02. The fourth-order valence-corrected chi connectivity index (χ4v) is 4.10. The van der Waals surface area contributed by atoms with Crippen molar-refractivity contribution in [3.63, 3.8) is 0 Å². The summed E-state index contributed by atoms with van der Waals surface area (Å²) < 4.78 is 40.7. The molecule has 0 spiro atoms. The number of phosphoric acid groups is 2. The van der Waals surface area contributed by atoms with Crippen LogP contribution < -0.4 is 15.3 Å². The molecule has 0 aromatic carbocycles. The van der Waals surface area contributed by atoms with Crippen LogP contribution in [0.2, 0.25) is 0 Å². The van der Waals surface area contributed by atoms with E-state index in [1.165, 1.54) is 6.20 Å². The lowest BCUT2D eigenvalue weighted by Crippen LogP contribution is -2.34. The van der Waals surface area contributed by atoms with Crippen molar-refractivity contribution in [2.45, 2.75) is 24.5 Å². The predicted octanol–water partition coefficient (Wildman–Crippen LogP) is -1.86. The van der Waals surface area contributed by atoms with E-state index in [2.05, 4.69) is 18.3 Å². The van der Waals surface area contributed by atoms with E-state index in [0.717, 1.165) is 10.6 Å². The Morgan fingerprint density at radius 1 is 1.35 bits per heavy atom. The minimum absolute atomic E-state index is 0.111. The molecule has 13 nitrogen and oxygen atoms in total. The maximum absolute atomic E-state index is 11.5. The normalized spacial score (nSPS) is 30.7. The van der Waals surface area contributed by atoms with Crippen LogP contribution in [0.15, 0.2) is 17.1 Å². The highest BCUT2D eigenvalue weighted by atomic mass is 32.1. The summed E-state index contributed by atoms with van der Waals surface area (Å²) in [6.07, 6.45) is -4.56. The molecule has 16 heteroatoms. The molecule has 2 rings (SSSR count). The fraction of sp³-hybridized carbons (Fsp3) is 0.600. The number of hydrogen-bond acceptors (Lipinski definition) is 12. The number of nitrogens with zero attached hydrogens (tertiary/aromatic N) is 1. The molecule has 1 aliphatic rings. The first kappa shape index (κ1) is 21.5. The minimum atomic E-state index is -5.34. The number of aliphatic hydroxyl groups excluding tert-OH is 2. The third kappa shape index (κ3) is 5.15. The smallest absolute Gasteiger partial charge is 0.274 e. The summed E-state index contributed by atoms with van der Waals surface area (Å²) in [6, 6.07) is 1.10.